The summed E-state index contributed by atoms with van der Waals surface area (Å²) in [7, 11) is 0. The van der Waals surface area contributed by atoms with Crippen LogP contribution >= 0.6 is 0 Å². The first kappa shape index (κ1) is 20.5. The van der Waals surface area contributed by atoms with E-state index < -0.39 is 35.1 Å². The largest absolute Gasteiger partial charge is 0.444 e. The fraction of sp³-hybridized carbons (Fsp3) is 0.556. The second kappa shape index (κ2) is 8.70. The van der Waals surface area contributed by atoms with Gasteiger partial charge in [0, 0.05) is 18.7 Å². The van der Waals surface area contributed by atoms with E-state index in [9.17, 15) is 19.2 Å². The van der Waals surface area contributed by atoms with Crippen molar-refractivity contribution in [1.82, 2.24) is 15.6 Å². The number of carbonyl (C=O) groups excluding carboxylic acids is 3. The van der Waals surface area contributed by atoms with Crippen LogP contribution in [0, 0.1) is 5.92 Å². The Kier molecular flexibility index (Phi) is 6.59. The van der Waals surface area contributed by atoms with Crippen LogP contribution in [0.3, 0.4) is 0 Å². The first-order chi connectivity index (χ1) is 12.7. The summed E-state index contributed by atoms with van der Waals surface area (Å²) in [5.74, 6) is -1.14. The van der Waals surface area contributed by atoms with Gasteiger partial charge in [-0.1, -0.05) is 0 Å². The van der Waals surface area contributed by atoms with E-state index in [0.717, 1.165) is 6.42 Å². The van der Waals surface area contributed by atoms with Crippen molar-refractivity contribution in [3.63, 3.8) is 0 Å². The van der Waals surface area contributed by atoms with Crippen molar-refractivity contribution in [3.05, 3.63) is 28.7 Å². The van der Waals surface area contributed by atoms with E-state index in [4.69, 9.17) is 4.74 Å². The molecule has 9 nitrogen and oxygen atoms in total. The highest BCUT2D eigenvalue weighted by atomic mass is 16.6. The summed E-state index contributed by atoms with van der Waals surface area (Å²) in [5.41, 5.74) is -1.13. The van der Waals surface area contributed by atoms with Crippen LogP contribution in [0.5, 0.6) is 0 Å². The summed E-state index contributed by atoms with van der Waals surface area (Å²) in [6, 6.07) is 2.00. The molecule has 0 spiro atoms. The predicted molar refractivity (Wildman–Crippen MR) is 99.2 cm³/mol. The molecule has 1 aromatic rings. The minimum Gasteiger partial charge on any atom is -0.444 e. The lowest BCUT2D eigenvalue weighted by molar-refractivity contribution is -0.127. The number of anilines is 1. The molecule has 1 aliphatic heterocycles. The summed E-state index contributed by atoms with van der Waals surface area (Å²) in [6.07, 6.45) is 2.22. The number of pyridine rings is 1. The molecular weight excluding hydrogens is 352 g/mol. The lowest BCUT2D eigenvalue weighted by Crippen LogP contribution is -2.49. The van der Waals surface area contributed by atoms with Crippen LogP contribution < -0.4 is 21.5 Å². The first-order valence-electron chi connectivity index (χ1n) is 8.91. The van der Waals surface area contributed by atoms with Gasteiger partial charge in [-0.05, 0) is 52.2 Å². The third-order valence-electron chi connectivity index (χ3n) is 4.00. The van der Waals surface area contributed by atoms with Crippen LogP contribution in [0.2, 0.25) is 0 Å². The number of hydrogen-bond acceptors (Lipinski definition) is 5. The van der Waals surface area contributed by atoms with Crippen LogP contribution in [0.1, 0.15) is 40.0 Å². The number of piperidine rings is 1. The number of amides is 3. The quantitative estimate of drug-likeness (QED) is 0.610. The Morgan fingerprint density at radius 2 is 2.07 bits per heavy atom. The molecule has 27 heavy (non-hydrogen) atoms. The van der Waals surface area contributed by atoms with Gasteiger partial charge in [0.05, 0.1) is 0 Å². The van der Waals surface area contributed by atoms with Gasteiger partial charge >= 0.3 is 6.09 Å². The smallest absolute Gasteiger partial charge is 0.408 e. The van der Waals surface area contributed by atoms with Crippen LogP contribution in [-0.4, -0.2) is 41.1 Å². The molecule has 3 amide bonds. The summed E-state index contributed by atoms with van der Waals surface area (Å²) in [5, 5.41) is 7.77. The van der Waals surface area contributed by atoms with E-state index in [1.165, 1.54) is 12.3 Å². The maximum absolute atomic E-state index is 12.7. The van der Waals surface area contributed by atoms with Crippen LogP contribution in [0.4, 0.5) is 10.5 Å². The molecule has 0 aromatic carbocycles. The highest BCUT2D eigenvalue weighted by Gasteiger charge is 2.31. The normalized spacial score (nSPS) is 18.2. The summed E-state index contributed by atoms with van der Waals surface area (Å²) in [4.78, 5) is 51.1. The number of alkyl carbamates (subject to hydrolysis) is 1. The number of nitrogens with one attached hydrogen (secondary N) is 4. The second-order valence-corrected chi connectivity index (χ2v) is 7.47. The van der Waals surface area contributed by atoms with Crippen molar-refractivity contribution in [2.24, 2.45) is 5.92 Å². The molecular formula is C18H26N4O5. The van der Waals surface area contributed by atoms with Gasteiger partial charge in [0.2, 0.25) is 11.8 Å². The minimum absolute atomic E-state index is 0.0617. The van der Waals surface area contributed by atoms with Gasteiger partial charge in [-0.15, -0.1) is 0 Å². The van der Waals surface area contributed by atoms with Crippen molar-refractivity contribution < 1.29 is 19.1 Å². The molecule has 2 unspecified atom stereocenters. The van der Waals surface area contributed by atoms with Gasteiger partial charge in [0.1, 0.15) is 17.3 Å². The molecule has 1 saturated heterocycles. The van der Waals surface area contributed by atoms with Gasteiger partial charge in [-0.2, -0.15) is 0 Å². The maximum atomic E-state index is 12.7. The Labute approximate surface area is 157 Å². The molecule has 1 fully saturated rings. The molecule has 0 aliphatic carbocycles. The SMILES string of the molecule is CC(C)(C)OC(=O)NC(CC1CCCNC1=O)C(=O)Nc1ccc[nH]c1=O. The van der Waals surface area contributed by atoms with E-state index in [-0.39, 0.29) is 18.0 Å². The Bertz CT molecular complexity index is 753. The topological polar surface area (TPSA) is 129 Å². The maximum Gasteiger partial charge on any atom is 0.408 e. The minimum atomic E-state index is -1.02. The van der Waals surface area contributed by atoms with Gasteiger partial charge in [0.25, 0.3) is 5.56 Å². The van der Waals surface area contributed by atoms with Gasteiger partial charge in [0.15, 0.2) is 0 Å². The fourth-order valence-corrected chi connectivity index (χ4v) is 2.77. The van der Waals surface area contributed by atoms with Crippen molar-refractivity contribution >= 4 is 23.6 Å². The van der Waals surface area contributed by atoms with Crippen LogP contribution in [0.25, 0.3) is 0 Å². The number of aromatic nitrogens is 1. The molecule has 4 N–H and O–H groups in total. The standard InChI is InChI=1S/C18H26N4O5/c1-18(2,3)27-17(26)22-13(10-11-6-4-8-19-14(11)23)16(25)21-12-7-5-9-20-15(12)24/h5,7,9,11,13H,4,6,8,10H2,1-3H3,(H,19,23)(H,20,24)(H,21,25)(H,22,26). The fourth-order valence-electron chi connectivity index (χ4n) is 2.77. The number of carbonyl (C=O) groups is 3. The summed E-state index contributed by atoms with van der Waals surface area (Å²) >= 11 is 0. The van der Waals surface area contributed by atoms with E-state index in [1.54, 1.807) is 26.8 Å². The Morgan fingerprint density at radius 1 is 1.33 bits per heavy atom. The third kappa shape index (κ3) is 6.43. The Balaban J connectivity index is 2.13. The van der Waals surface area contributed by atoms with Crippen LogP contribution in [0.15, 0.2) is 23.1 Å². The highest BCUT2D eigenvalue weighted by molar-refractivity contribution is 5.96. The Morgan fingerprint density at radius 3 is 2.70 bits per heavy atom. The number of hydrogen-bond donors (Lipinski definition) is 4. The van der Waals surface area contributed by atoms with E-state index in [0.29, 0.717) is 13.0 Å². The number of aromatic amines is 1. The van der Waals surface area contributed by atoms with Crippen molar-refractivity contribution in [1.29, 1.82) is 0 Å². The highest BCUT2D eigenvalue weighted by Crippen LogP contribution is 2.19. The zero-order valence-corrected chi connectivity index (χ0v) is 15.8. The zero-order valence-electron chi connectivity index (χ0n) is 15.8. The molecule has 9 heteroatoms. The van der Waals surface area contributed by atoms with E-state index >= 15 is 0 Å². The number of ether oxygens (including phenoxy) is 1. The van der Waals surface area contributed by atoms with E-state index in [2.05, 4.69) is 20.9 Å². The zero-order chi connectivity index (χ0) is 20.0. The molecule has 0 radical (unpaired) electrons. The average Bonchev–Trinajstić information content (AvgIpc) is 2.56. The van der Waals surface area contributed by atoms with Gasteiger partial charge in [-0.3, -0.25) is 14.4 Å². The van der Waals surface area contributed by atoms with Crippen LogP contribution in [-0.2, 0) is 14.3 Å². The molecule has 1 aliphatic rings. The monoisotopic (exact) mass is 378 g/mol. The molecule has 2 rings (SSSR count). The average molecular weight is 378 g/mol. The van der Waals surface area contributed by atoms with Crippen molar-refractivity contribution in [3.8, 4) is 0 Å². The summed E-state index contributed by atoms with van der Waals surface area (Å²) in [6.45, 7) is 5.73. The lowest BCUT2D eigenvalue weighted by Gasteiger charge is -2.27. The Hall–Kier alpha value is -2.84. The predicted octanol–water partition coefficient (Wildman–Crippen LogP) is 1.12. The lowest BCUT2D eigenvalue weighted by atomic mass is 9.91. The molecule has 0 bridgehead atoms. The summed E-state index contributed by atoms with van der Waals surface area (Å²) < 4.78 is 5.21. The van der Waals surface area contributed by atoms with Crippen molar-refractivity contribution in [2.45, 2.75) is 51.7 Å². The van der Waals surface area contributed by atoms with Gasteiger partial charge in [-0.25, -0.2) is 4.79 Å². The van der Waals surface area contributed by atoms with Gasteiger partial charge < -0.3 is 25.7 Å². The molecule has 1 aromatic heterocycles. The molecule has 2 atom stereocenters. The number of rotatable bonds is 5. The van der Waals surface area contributed by atoms with E-state index in [1.807, 2.05) is 0 Å². The second-order valence-electron chi connectivity index (χ2n) is 7.47. The number of H-pyrrole nitrogens is 1. The third-order valence-corrected chi connectivity index (χ3v) is 4.00. The molecule has 2 heterocycles. The first-order valence-corrected chi connectivity index (χ1v) is 8.91. The molecule has 0 saturated carbocycles. The molecule has 148 valence electrons. The van der Waals surface area contributed by atoms with Crippen molar-refractivity contribution in [2.75, 3.05) is 11.9 Å².